The molecule has 0 fully saturated rings. The molecule has 0 aromatic carbocycles. The highest BCUT2D eigenvalue weighted by molar-refractivity contribution is 5.17. The maximum atomic E-state index is 13.6. The molecule has 0 saturated heterocycles. The summed E-state index contributed by atoms with van der Waals surface area (Å²) in [5.74, 6) is -75.4. The third-order valence-corrected chi connectivity index (χ3v) is 4.32. The molecule has 37 heavy (non-hydrogen) atoms. The highest BCUT2D eigenvalue weighted by atomic mass is 19.4. The van der Waals surface area contributed by atoms with Crippen LogP contribution in [0.2, 0.25) is 0 Å². The zero-order chi connectivity index (χ0) is 30.5. The van der Waals surface area contributed by atoms with Crippen LogP contribution in [0.15, 0.2) is 0 Å². The van der Waals surface area contributed by atoms with Crippen LogP contribution in [0.3, 0.4) is 0 Å². The molecule has 220 valence electrons. The molecule has 0 spiro atoms. The van der Waals surface area contributed by atoms with Crippen molar-refractivity contribution in [3.05, 3.63) is 0 Å². The minimum atomic E-state index is -9.17. The van der Waals surface area contributed by atoms with Crippen LogP contribution in [0.25, 0.3) is 0 Å². The quantitative estimate of drug-likeness (QED) is 0.130. The molecular weight excluding hydrogens is 595 g/mol. The van der Waals surface area contributed by atoms with E-state index in [-0.39, 0.29) is 0 Å². The van der Waals surface area contributed by atoms with E-state index in [1.54, 1.807) is 0 Å². The zero-order valence-electron chi connectivity index (χ0n) is 16.5. The van der Waals surface area contributed by atoms with E-state index in [1.807, 2.05) is 0 Å². The first kappa shape index (κ1) is 35.0. The molecule has 0 atom stereocenters. The van der Waals surface area contributed by atoms with Crippen molar-refractivity contribution in [3.8, 4) is 12.3 Å². The highest BCUT2D eigenvalue weighted by Gasteiger charge is 2.97. The van der Waals surface area contributed by atoms with Gasteiger partial charge in [-0.3, -0.25) is 0 Å². The summed E-state index contributed by atoms with van der Waals surface area (Å²) >= 11 is 0. The van der Waals surface area contributed by atoms with Crippen LogP contribution in [0.1, 0.15) is 6.42 Å². The molecule has 0 N–H and O–H groups in total. The van der Waals surface area contributed by atoms with Crippen molar-refractivity contribution in [2.45, 2.75) is 65.9 Å². The molecular formula is C15H7F21O. The Morgan fingerprint density at radius 1 is 0.432 bits per heavy atom. The van der Waals surface area contributed by atoms with Gasteiger partial charge in [0.05, 0.1) is 6.61 Å². The van der Waals surface area contributed by atoms with Crippen molar-refractivity contribution >= 4 is 0 Å². The Bertz CT molecular complexity index is 845. The smallest absolute Gasteiger partial charge is 0.369 e. The average Bonchev–Trinajstić information content (AvgIpc) is 2.69. The maximum absolute atomic E-state index is 13.6. The lowest BCUT2D eigenvalue weighted by molar-refractivity contribution is -0.474. The fourth-order valence-corrected chi connectivity index (χ4v) is 2.08. The largest absolute Gasteiger partial charge is 0.460 e. The summed E-state index contributed by atoms with van der Waals surface area (Å²) in [5.41, 5.74) is 0. The molecule has 0 aliphatic rings. The highest BCUT2D eigenvalue weighted by Crippen LogP contribution is 2.66. The van der Waals surface area contributed by atoms with Crippen LogP contribution in [0, 0.1) is 12.3 Å². The molecule has 0 aromatic heterocycles. The van der Waals surface area contributed by atoms with Gasteiger partial charge >= 0.3 is 59.5 Å². The number of halogens is 21. The van der Waals surface area contributed by atoms with Gasteiger partial charge in [-0.15, -0.1) is 6.42 Å². The minimum Gasteiger partial charge on any atom is -0.369 e. The van der Waals surface area contributed by atoms with Gasteiger partial charge in [0.25, 0.3) is 0 Å². The van der Waals surface area contributed by atoms with E-state index in [0.717, 1.165) is 0 Å². The molecule has 1 nitrogen and oxygen atoms in total. The molecule has 0 saturated carbocycles. The van der Waals surface area contributed by atoms with Gasteiger partial charge in [-0.25, -0.2) is 0 Å². The van der Waals surface area contributed by atoms with Crippen molar-refractivity contribution in [1.82, 2.24) is 0 Å². The molecule has 0 aliphatic carbocycles. The number of alkyl halides is 21. The van der Waals surface area contributed by atoms with Gasteiger partial charge in [0.15, 0.2) is 0 Å². The van der Waals surface area contributed by atoms with Crippen LogP contribution in [-0.4, -0.2) is 72.7 Å². The van der Waals surface area contributed by atoms with Crippen LogP contribution < -0.4 is 0 Å². The van der Waals surface area contributed by atoms with Gasteiger partial charge in [-0.2, -0.15) is 92.2 Å². The van der Waals surface area contributed by atoms with E-state index in [9.17, 15) is 92.2 Å². The van der Waals surface area contributed by atoms with Crippen molar-refractivity contribution in [2.75, 3.05) is 13.2 Å². The molecule has 0 radical (unpaired) electrons. The van der Waals surface area contributed by atoms with Gasteiger partial charge in [0, 0.05) is 6.42 Å². The Kier molecular flexibility index (Phi) is 8.86. The third kappa shape index (κ3) is 4.72. The topological polar surface area (TPSA) is 9.23 Å². The summed E-state index contributed by atoms with van der Waals surface area (Å²) < 4.78 is 280. The monoisotopic (exact) mass is 602 g/mol. The van der Waals surface area contributed by atoms with E-state index in [0.29, 0.717) is 0 Å². The van der Waals surface area contributed by atoms with Gasteiger partial charge in [-0.05, 0) is 0 Å². The second-order valence-corrected chi connectivity index (χ2v) is 6.80. The molecule has 0 unspecified atom stereocenters. The average molecular weight is 602 g/mol. The molecule has 0 amide bonds. The second-order valence-electron chi connectivity index (χ2n) is 6.80. The summed E-state index contributed by atoms with van der Waals surface area (Å²) in [6.07, 6.45) is -6.35. The lowest BCUT2D eigenvalue weighted by Crippen LogP contribution is -2.76. The van der Waals surface area contributed by atoms with Crippen LogP contribution in [0.4, 0.5) is 92.2 Å². The standard InChI is InChI=1S/C15H7F21O/c1-2-4-37-5-3-6(16,17)7(18,19)8(20,21)9(22,23)10(24,25)11(26,27)12(28,29)13(30,31)14(32,33)15(34,35)36/h1H,3-5H2. The van der Waals surface area contributed by atoms with Gasteiger partial charge in [0.1, 0.15) is 6.61 Å². The SMILES string of the molecule is C#CCOCCC(F)(F)C(F)(F)C(F)(F)C(F)(F)C(F)(F)C(F)(F)C(F)(F)C(F)(F)C(F)(F)C(F)(F)F. The first-order valence-corrected chi connectivity index (χ1v) is 8.29. The lowest BCUT2D eigenvalue weighted by atomic mass is 9.86. The van der Waals surface area contributed by atoms with Crippen LogP contribution >= 0.6 is 0 Å². The van der Waals surface area contributed by atoms with E-state index in [1.165, 1.54) is 5.92 Å². The second kappa shape index (κ2) is 9.36. The third-order valence-electron chi connectivity index (χ3n) is 4.32. The van der Waals surface area contributed by atoms with E-state index in [4.69, 9.17) is 0 Å². The Labute approximate surface area is 189 Å². The van der Waals surface area contributed by atoms with Crippen molar-refractivity contribution in [1.29, 1.82) is 0 Å². The Balaban J connectivity index is 6.83. The first-order valence-electron chi connectivity index (χ1n) is 8.29. The molecule has 0 heterocycles. The molecule has 22 heteroatoms. The molecule has 0 bridgehead atoms. The lowest BCUT2D eigenvalue weighted by Gasteiger charge is -2.44. The molecule has 0 aliphatic heterocycles. The zero-order valence-corrected chi connectivity index (χ0v) is 16.5. The fraction of sp³-hybridized carbons (Fsp3) is 0.867. The Hall–Kier alpha value is -1.95. The predicted molar refractivity (Wildman–Crippen MR) is 74.8 cm³/mol. The van der Waals surface area contributed by atoms with E-state index in [2.05, 4.69) is 11.2 Å². The minimum absolute atomic E-state index is 1.04. The summed E-state index contributed by atoms with van der Waals surface area (Å²) in [5, 5.41) is 0. The maximum Gasteiger partial charge on any atom is 0.460 e. The number of rotatable bonds is 12. The molecule has 0 aromatic rings. The fourth-order valence-electron chi connectivity index (χ4n) is 2.08. The number of terminal acetylenes is 1. The Morgan fingerprint density at radius 3 is 0.973 bits per heavy atom. The van der Waals surface area contributed by atoms with Gasteiger partial charge in [0.2, 0.25) is 0 Å². The number of ether oxygens (including phenoxy) is 1. The summed E-state index contributed by atoms with van der Waals surface area (Å²) in [6, 6.07) is 0. The first-order chi connectivity index (χ1) is 15.8. The van der Waals surface area contributed by atoms with Crippen molar-refractivity contribution in [2.24, 2.45) is 0 Å². The Morgan fingerprint density at radius 2 is 0.703 bits per heavy atom. The van der Waals surface area contributed by atoms with Crippen LogP contribution in [0.5, 0.6) is 0 Å². The van der Waals surface area contributed by atoms with E-state index >= 15 is 0 Å². The van der Waals surface area contributed by atoms with Crippen molar-refractivity contribution in [3.63, 3.8) is 0 Å². The normalized spacial score (nSPS) is 16.1. The number of hydrogen-bond acceptors (Lipinski definition) is 1. The summed E-state index contributed by atoms with van der Waals surface area (Å²) in [4.78, 5) is 0. The van der Waals surface area contributed by atoms with Crippen LogP contribution in [-0.2, 0) is 4.74 Å². The summed E-state index contributed by atoms with van der Waals surface area (Å²) in [6.45, 7) is -2.89. The van der Waals surface area contributed by atoms with Crippen molar-refractivity contribution < 1.29 is 96.9 Å². The number of hydrogen-bond donors (Lipinski definition) is 0. The summed E-state index contributed by atoms with van der Waals surface area (Å²) in [7, 11) is 0. The molecule has 0 rings (SSSR count). The van der Waals surface area contributed by atoms with E-state index < -0.39 is 79.1 Å². The van der Waals surface area contributed by atoms with Gasteiger partial charge < -0.3 is 4.74 Å². The van der Waals surface area contributed by atoms with Gasteiger partial charge in [-0.1, -0.05) is 5.92 Å². The predicted octanol–water partition coefficient (Wildman–Crippen LogP) is 7.31.